The van der Waals surface area contributed by atoms with Crippen LogP contribution in [0.3, 0.4) is 0 Å². The average molecular weight is 500 g/mol. The molecule has 35 heavy (non-hydrogen) atoms. The summed E-state index contributed by atoms with van der Waals surface area (Å²) in [6, 6.07) is 20.3. The molecule has 184 valence electrons. The third-order valence-corrected chi connectivity index (χ3v) is 7.56. The second-order valence-electron chi connectivity index (χ2n) is 8.38. The number of halogens is 2. The van der Waals surface area contributed by atoms with E-state index in [1.807, 2.05) is 0 Å². The number of hydrogen-bond acceptors (Lipinski definition) is 4. The Bertz CT molecular complexity index is 1180. The van der Waals surface area contributed by atoms with E-state index in [-0.39, 0.29) is 41.4 Å². The number of rotatable bonds is 8. The smallest absolute Gasteiger partial charge is 0.240 e. The molecule has 0 atom stereocenters. The fourth-order valence-corrected chi connectivity index (χ4v) is 5.32. The van der Waals surface area contributed by atoms with Crippen LogP contribution in [0.5, 0.6) is 0 Å². The number of nitrogens with zero attached hydrogens (tertiary/aromatic N) is 2. The van der Waals surface area contributed by atoms with Crippen molar-refractivity contribution in [2.75, 3.05) is 32.7 Å². The molecule has 3 aromatic carbocycles. The lowest BCUT2D eigenvalue weighted by molar-refractivity contribution is -0.133. The van der Waals surface area contributed by atoms with Gasteiger partial charge in [-0.3, -0.25) is 9.69 Å². The van der Waals surface area contributed by atoms with Crippen molar-refractivity contribution in [3.05, 3.63) is 102 Å². The van der Waals surface area contributed by atoms with Gasteiger partial charge in [0.15, 0.2) is 0 Å². The largest absolute Gasteiger partial charge is 0.340 e. The fraction of sp³-hybridized carbons (Fsp3) is 0.269. The zero-order valence-electron chi connectivity index (χ0n) is 19.1. The molecule has 6 nitrogen and oxygen atoms in total. The van der Waals surface area contributed by atoms with Gasteiger partial charge in [0.25, 0.3) is 0 Å². The van der Waals surface area contributed by atoms with Crippen molar-refractivity contribution in [2.45, 2.75) is 17.4 Å². The first-order chi connectivity index (χ1) is 16.8. The van der Waals surface area contributed by atoms with E-state index in [1.54, 1.807) is 47.4 Å². The molecule has 1 fully saturated rings. The van der Waals surface area contributed by atoms with Gasteiger partial charge >= 0.3 is 0 Å². The molecule has 1 aliphatic heterocycles. The minimum atomic E-state index is -3.66. The average Bonchev–Trinajstić information content (AvgIpc) is 2.87. The Labute approximate surface area is 204 Å². The summed E-state index contributed by atoms with van der Waals surface area (Å²) in [5, 5.41) is 0. The quantitative estimate of drug-likeness (QED) is 0.515. The molecule has 0 aliphatic carbocycles. The van der Waals surface area contributed by atoms with Crippen LogP contribution >= 0.6 is 0 Å². The zero-order chi connectivity index (χ0) is 24.8. The number of carbonyl (C=O) groups excluding carboxylic acids is 1. The number of hydrogen-bond donors (Lipinski definition) is 1. The maximum Gasteiger partial charge on any atom is 0.240 e. The van der Waals surface area contributed by atoms with E-state index in [4.69, 9.17) is 0 Å². The number of amides is 1. The molecule has 1 saturated heterocycles. The Morgan fingerprint density at radius 3 is 1.83 bits per heavy atom. The van der Waals surface area contributed by atoms with Gasteiger partial charge in [0.1, 0.15) is 11.6 Å². The number of piperazine rings is 1. The molecule has 1 N–H and O–H groups in total. The van der Waals surface area contributed by atoms with Crippen molar-refractivity contribution in [3.63, 3.8) is 0 Å². The van der Waals surface area contributed by atoms with Crippen LogP contribution in [0.2, 0.25) is 0 Å². The molecule has 0 radical (unpaired) electrons. The zero-order valence-corrected chi connectivity index (χ0v) is 19.9. The summed E-state index contributed by atoms with van der Waals surface area (Å²) in [6.45, 7) is 2.11. The highest BCUT2D eigenvalue weighted by atomic mass is 32.2. The SMILES string of the molecule is O=C(CCNS(=O)(=O)c1ccccc1)N1CCN(C(c2ccc(F)cc2)c2ccc(F)cc2)CC1. The van der Waals surface area contributed by atoms with Crippen molar-refractivity contribution in [1.82, 2.24) is 14.5 Å². The van der Waals surface area contributed by atoms with Crippen LogP contribution in [0.25, 0.3) is 0 Å². The Kier molecular flexibility index (Phi) is 7.90. The van der Waals surface area contributed by atoms with Gasteiger partial charge in [-0.25, -0.2) is 21.9 Å². The van der Waals surface area contributed by atoms with E-state index in [9.17, 15) is 22.0 Å². The lowest BCUT2D eigenvalue weighted by Gasteiger charge is -2.40. The van der Waals surface area contributed by atoms with Gasteiger partial charge < -0.3 is 4.90 Å². The van der Waals surface area contributed by atoms with Crippen LogP contribution in [0.4, 0.5) is 8.78 Å². The standard InChI is InChI=1S/C26H27F2N3O3S/c27-22-10-6-20(7-11-22)26(21-8-12-23(28)13-9-21)31-18-16-30(17-19-31)25(32)14-15-29-35(33,34)24-4-2-1-3-5-24/h1-13,26,29H,14-19H2. The van der Waals surface area contributed by atoms with E-state index < -0.39 is 10.0 Å². The van der Waals surface area contributed by atoms with Gasteiger partial charge in [-0.1, -0.05) is 42.5 Å². The van der Waals surface area contributed by atoms with Gasteiger partial charge in [-0.15, -0.1) is 0 Å². The number of benzene rings is 3. The third kappa shape index (κ3) is 6.30. The highest BCUT2D eigenvalue weighted by Gasteiger charge is 2.28. The van der Waals surface area contributed by atoms with E-state index in [1.165, 1.54) is 36.4 Å². The van der Waals surface area contributed by atoms with Gasteiger partial charge in [-0.2, -0.15) is 0 Å². The first kappa shape index (κ1) is 25.0. The molecule has 0 saturated carbocycles. The fourth-order valence-electron chi connectivity index (χ4n) is 4.27. The van der Waals surface area contributed by atoms with Crippen molar-refractivity contribution < 1.29 is 22.0 Å². The molecule has 9 heteroatoms. The second-order valence-corrected chi connectivity index (χ2v) is 10.2. The molecule has 1 amide bonds. The summed E-state index contributed by atoms with van der Waals surface area (Å²) in [5.74, 6) is -0.782. The Hall–Kier alpha value is -3.14. The van der Waals surface area contributed by atoms with Crippen LogP contribution in [0.15, 0.2) is 83.8 Å². The normalized spacial score (nSPS) is 14.9. The molecule has 0 bridgehead atoms. The van der Waals surface area contributed by atoms with Crippen LogP contribution in [0.1, 0.15) is 23.6 Å². The summed E-state index contributed by atoms with van der Waals surface area (Å²) < 4.78 is 54.2. The van der Waals surface area contributed by atoms with Crippen LogP contribution in [-0.2, 0) is 14.8 Å². The summed E-state index contributed by atoms with van der Waals surface area (Å²) in [7, 11) is -3.66. The monoisotopic (exact) mass is 499 g/mol. The molecule has 0 aromatic heterocycles. The van der Waals surface area contributed by atoms with Crippen LogP contribution in [0, 0.1) is 11.6 Å². The summed E-state index contributed by atoms with van der Waals surface area (Å²) in [4.78, 5) is 16.8. The minimum Gasteiger partial charge on any atom is -0.340 e. The molecule has 0 unspecified atom stereocenters. The third-order valence-electron chi connectivity index (χ3n) is 6.09. The van der Waals surface area contributed by atoms with Crippen molar-refractivity contribution in [2.24, 2.45) is 0 Å². The molecule has 0 spiro atoms. The maximum atomic E-state index is 13.5. The molecule has 1 heterocycles. The molecule has 1 aliphatic rings. The molecular formula is C26H27F2N3O3S. The Balaban J connectivity index is 1.36. The van der Waals surface area contributed by atoms with Crippen LogP contribution < -0.4 is 4.72 Å². The van der Waals surface area contributed by atoms with E-state index in [0.29, 0.717) is 26.2 Å². The topological polar surface area (TPSA) is 69.7 Å². The van der Waals surface area contributed by atoms with Crippen LogP contribution in [-0.4, -0.2) is 56.8 Å². The number of nitrogens with one attached hydrogen (secondary N) is 1. The second kappa shape index (κ2) is 11.1. The summed E-state index contributed by atoms with van der Waals surface area (Å²) in [5.41, 5.74) is 1.77. The predicted molar refractivity (Wildman–Crippen MR) is 129 cm³/mol. The predicted octanol–water partition coefficient (Wildman–Crippen LogP) is 3.57. The Morgan fingerprint density at radius 2 is 1.31 bits per heavy atom. The number of sulfonamides is 1. The molecule has 4 rings (SSSR count). The summed E-state index contributed by atoms with van der Waals surface area (Å²) >= 11 is 0. The van der Waals surface area contributed by atoms with Crippen molar-refractivity contribution in [3.8, 4) is 0 Å². The highest BCUT2D eigenvalue weighted by molar-refractivity contribution is 7.89. The Morgan fingerprint density at radius 1 is 0.800 bits per heavy atom. The molecular weight excluding hydrogens is 472 g/mol. The van der Waals surface area contributed by atoms with Gasteiger partial charge in [-0.05, 0) is 47.5 Å². The van der Waals surface area contributed by atoms with Gasteiger partial charge in [0.2, 0.25) is 15.9 Å². The summed E-state index contributed by atoms with van der Waals surface area (Å²) in [6.07, 6.45) is 0.0609. The van der Waals surface area contributed by atoms with Crippen molar-refractivity contribution in [1.29, 1.82) is 0 Å². The highest BCUT2D eigenvalue weighted by Crippen LogP contribution is 2.30. The van der Waals surface area contributed by atoms with Gasteiger partial charge in [0, 0.05) is 39.1 Å². The first-order valence-electron chi connectivity index (χ1n) is 11.4. The first-order valence-corrected chi connectivity index (χ1v) is 12.9. The van der Waals surface area contributed by atoms with Crippen molar-refractivity contribution >= 4 is 15.9 Å². The lowest BCUT2D eigenvalue weighted by atomic mass is 9.96. The van der Waals surface area contributed by atoms with Gasteiger partial charge in [0.05, 0.1) is 10.9 Å². The number of carbonyl (C=O) groups is 1. The molecule has 3 aromatic rings. The lowest BCUT2D eigenvalue weighted by Crippen LogP contribution is -2.50. The van der Waals surface area contributed by atoms with E-state index >= 15 is 0 Å². The van der Waals surface area contributed by atoms with E-state index in [2.05, 4.69) is 9.62 Å². The minimum absolute atomic E-state index is 0.0179. The van der Waals surface area contributed by atoms with E-state index in [0.717, 1.165) is 11.1 Å². The maximum absolute atomic E-state index is 13.5.